The van der Waals surface area contributed by atoms with Crippen molar-refractivity contribution in [1.29, 1.82) is 0 Å². The molecule has 0 aliphatic heterocycles. The van der Waals surface area contributed by atoms with E-state index in [4.69, 9.17) is 0 Å². The monoisotopic (exact) mass is 305 g/mol. The molecule has 1 aliphatic carbocycles. The largest absolute Gasteiger partial charge is 0.309 e. The van der Waals surface area contributed by atoms with Gasteiger partial charge in [0.25, 0.3) is 0 Å². The molecule has 3 unspecified atom stereocenters. The van der Waals surface area contributed by atoms with Crippen molar-refractivity contribution in [2.24, 2.45) is 11.8 Å². The Balaban J connectivity index is 1.90. The molecule has 114 valence electrons. The summed E-state index contributed by atoms with van der Waals surface area (Å²) in [6.45, 7) is 5.53. The van der Waals surface area contributed by atoms with Crippen molar-refractivity contribution in [2.45, 2.75) is 45.6 Å². The molecule has 3 atom stereocenters. The second kappa shape index (κ2) is 6.45. The highest BCUT2D eigenvalue weighted by molar-refractivity contribution is 7.19. The van der Waals surface area contributed by atoms with Gasteiger partial charge in [0, 0.05) is 15.6 Å². The van der Waals surface area contributed by atoms with Crippen LogP contribution < -0.4 is 5.32 Å². The lowest BCUT2D eigenvalue weighted by Gasteiger charge is -2.33. The number of hydrogen-bond acceptors (Lipinski definition) is 2. The van der Waals surface area contributed by atoms with Gasteiger partial charge in [-0.05, 0) is 54.8 Å². The molecule has 1 fully saturated rings. The molecule has 0 bridgehead atoms. The number of rotatable bonds is 4. The van der Waals surface area contributed by atoms with Gasteiger partial charge in [0.1, 0.15) is 5.82 Å². The Labute approximate surface area is 130 Å². The highest BCUT2D eigenvalue weighted by Crippen LogP contribution is 2.40. The fraction of sp³-hybridized carbons (Fsp3) is 0.556. The van der Waals surface area contributed by atoms with Crippen LogP contribution in [0.4, 0.5) is 4.39 Å². The Bertz CT molecular complexity index is 606. The Hall–Kier alpha value is -0.930. The molecule has 0 amide bonds. The fourth-order valence-corrected chi connectivity index (χ4v) is 4.94. The van der Waals surface area contributed by atoms with Crippen LogP contribution in [0.2, 0.25) is 0 Å². The highest BCUT2D eigenvalue weighted by Gasteiger charge is 2.28. The van der Waals surface area contributed by atoms with Gasteiger partial charge in [0.15, 0.2) is 0 Å². The quantitative estimate of drug-likeness (QED) is 0.784. The van der Waals surface area contributed by atoms with Crippen molar-refractivity contribution in [3.05, 3.63) is 35.0 Å². The smallest absolute Gasteiger partial charge is 0.124 e. The first-order chi connectivity index (χ1) is 10.2. The molecular formula is C18H24FNS. The van der Waals surface area contributed by atoms with Gasteiger partial charge in [-0.25, -0.2) is 4.39 Å². The lowest BCUT2D eigenvalue weighted by molar-refractivity contribution is 0.227. The van der Waals surface area contributed by atoms with E-state index in [1.54, 1.807) is 23.5 Å². The van der Waals surface area contributed by atoms with Crippen LogP contribution in [0.1, 0.15) is 50.4 Å². The Morgan fingerprint density at radius 1 is 1.33 bits per heavy atom. The zero-order valence-corrected chi connectivity index (χ0v) is 13.7. The van der Waals surface area contributed by atoms with Crippen LogP contribution in [0, 0.1) is 17.7 Å². The van der Waals surface area contributed by atoms with Gasteiger partial charge < -0.3 is 5.32 Å². The maximum Gasteiger partial charge on any atom is 0.124 e. The summed E-state index contributed by atoms with van der Waals surface area (Å²) >= 11 is 1.75. The van der Waals surface area contributed by atoms with E-state index in [2.05, 4.69) is 25.2 Å². The number of benzene rings is 1. The third kappa shape index (κ3) is 3.29. The molecular weight excluding hydrogens is 281 g/mol. The minimum Gasteiger partial charge on any atom is -0.309 e. The summed E-state index contributed by atoms with van der Waals surface area (Å²) in [6, 6.07) is 7.81. The highest BCUT2D eigenvalue weighted by atomic mass is 32.1. The van der Waals surface area contributed by atoms with Gasteiger partial charge in [-0.15, -0.1) is 11.3 Å². The molecule has 1 heterocycles. The van der Waals surface area contributed by atoms with Gasteiger partial charge in [0.2, 0.25) is 0 Å². The molecule has 3 rings (SSSR count). The van der Waals surface area contributed by atoms with E-state index in [0.29, 0.717) is 12.0 Å². The lowest BCUT2D eigenvalue weighted by atomic mass is 9.78. The summed E-state index contributed by atoms with van der Waals surface area (Å²) in [5.74, 6) is 1.41. The van der Waals surface area contributed by atoms with Gasteiger partial charge >= 0.3 is 0 Å². The zero-order chi connectivity index (χ0) is 14.8. The molecule has 0 saturated heterocycles. The summed E-state index contributed by atoms with van der Waals surface area (Å²) < 4.78 is 14.5. The first kappa shape index (κ1) is 15.0. The van der Waals surface area contributed by atoms with E-state index >= 15 is 0 Å². The van der Waals surface area contributed by atoms with Crippen LogP contribution in [0.15, 0.2) is 24.3 Å². The minimum absolute atomic E-state index is 0.137. The maximum absolute atomic E-state index is 13.4. The number of halogens is 1. The van der Waals surface area contributed by atoms with Crippen molar-refractivity contribution in [2.75, 3.05) is 6.54 Å². The van der Waals surface area contributed by atoms with Gasteiger partial charge in [-0.2, -0.15) is 0 Å². The first-order valence-electron chi connectivity index (χ1n) is 8.09. The van der Waals surface area contributed by atoms with Crippen molar-refractivity contribution in [3.63, 3.8) is 0 Å². The molecule has 1 aliphatic rings. The summed E-state index contributed by atoms with van der Waals surface area (Å²) in [7, 11) is 0. The molecule has 3 heteroatoms. The minimum atomic E-state index is -0.137. The van der Waals surface area contributed by atoms with Crippen LogP contribution in [-0.4, -0.2) is 6.54 Å². The predicted octanol–water partition coefficient (Wildman–Crippen LogP) is 5.52. The number of fused-ring (bicyclic) bond motifs is 1. The van der Waals surface area contributed by atoms with E-state index < -0.39 is 0 Å². The second-order valence-electron chi connectivity index (χ2n) is 6.40. The van der Waals surface area contributed by atoms with Gasteiger partial charge in [-0.3, -0.25) is 0 Å². The van der Waals surface area contributed by atoms with E-state index in [9.17, 15) is 4.39 Å². The average Bonchev–Trinajstić information content (AvgIpc) is 2.87. The van der Waals surface area contributed by atoms with Crippen LogP contribution in [0.25, 0.3) is 10.1 Å². The molecule has 1 saturated carbocycles. The molecule has 1 aromatic heterocycles. The topological polar surface area (TPSA) is 12.0 Å². The Kier molecular flexibility index (Phi) is 4.60. The molecule has 0 radical (unpaired) electrons. The number of nitrogens with one attached hydrogen (secondary N) is 1. The van der Waals surface area contributed by atoms with Gasteiger partial charge in [0.05, 0.1) is 0 Å². The van der Waals surface area contributed by atoms with Crippen molar-refractivity contribution in [1.82, 2.24) is 5.32 Å². The molecule has 0 spiro atoms. The second-order valence-corrected chi connectivity index (χ2v) is 7.51. The van der Waals surface area contributed by atoms with Crippen LogP contribution in [0.3, 0.4) is 0 Å². The number of thiophene rings is 1. The molecule has 1 aromatic carbocycles. The maximum atomic E-state index is 13.4. The first-order valence-corrected chi connectivity index (χ1v) is 8.91. The summed E-state index contributed by atoms with van der Waals surface area (Å²) in [5, 5.41) is 4.85. The molecule has 1 N–H and O–H groups in total. The normalized spacial score (nSPS) is 24.3. The Morgan fingerprint density at radius 2 is 2.19 bits per heavy atom. The van der Waals surface area contributed by atoms with E-state index in [1.807, 2.05) is 6.07 Å². The molecule has 2 aromatic rings. The Morgan fingerprint density at radius 3 is 2.95 bits per heavy atom. The summed E-state index contributed by atoms with van der Waals surface area (Å²) in [5.41, 5.74) is 0. The fourth-order valence-electron chi connectivity index (χ4n) is 3.68. The summed E-state index contributed by atoms with van der Waals surface area (Å²) in [6.07, 6.45) is 5.32. The zero-order valence-electron chi connectivity index (χ0n) is 12.9. The van der Waals surface area contributed by atoms with Crippen molar-refractivity contribution < 1.29 is 4.39 Å². The third-order valence-corrected chi connectivity index (χ3v) is 5.86. The third-order valence-electron chi connectivity index (χ3n) is 4.68. The average molecular weight is 305 g/mol. The number of hydrogen-bond donors (Lipinski definition) is 1. The van der Waals surface area contributed by atoms with E-state index in [0.717, 1.165) is 17.2 Å². The molecule has 21 heavy (non-hydrogen) atoms. The van der Waals surface area contributed by atoms with Crippen molar-refractivity contribution >= 4 is 21.4 Å². The summed E-state index contributed by atoms with van der Waals surface area (Å²) in [4.78, 5) is 1.37. The molecule has 1 nitrogen and oxygen atoms in total. The standard InChI is InChI=1S/C18H24FNS/c1-3-20-18(14-6-4-5-12(2)9-14)17-10-13-7-8-15(19)11-16(13)21-17/h7-8,10-12,14,18,20H,3-6,9H2,1-2H3. The van der Waals surface area contributed by atoms with Crippen LogP contribution in [-0.2, 0) is 0 Å². The van der Waals surface area contributed by atoms with Gasteiger partial charge in [-0.1, -0.05) is 32.8 Å². The van der Waals surface area contributed by atoms with Crippen molar-refractivity contribution in [3.8, 4) is 0 Å². The van der Waals surface area contributed by atoms with Crippen LogP contribution in [0.5, 0.6) is 0 Å². The SMILES string of the molecule is CCNC(c1cc2ccc(F)cc2s1)C1CCCC(C)C1. The van der Waals surface area contributed by atoms with E-state index in [-0.39, 0.29) is 5.82 Å². The van der Waals surface area contributed by atoms with Crippen LogP contribution >= 0.6 is 11.3 Å². The predicted molar refractivity (Wildman–Crippen MR) is 89.3 cm³/mol. The lowest BCUT2D eigenvalue weighted by Crippen LogP contribution is -2.30. The van der Waals surface area contributed by atoms with E-state index in [1.165, 1.54) is 35.9 Å².